The fraction of sp³-hybridized carbons (Fsp3) is 0. The third-order valence-electron chi connectivity index (χ3n) is 12.0. The van der Waals surface area contributed by atoms with Crippen LogP contribution >= 0.6 is 0 Å². The highest BCUT2D eigenvalue weighted by atomic mass is 15.1. The summed E-state index contributed by atoms with van der Waals surface area (Å²) in [5, 5.41) is 0. The van der Waals surface area contributed by atoms with Crippen molar-refractivity contribution >= 4 is 22.1 Å². The van der Waals surface area contributed by atoms with Gasteiger partial charge < -0.3 is 0 Å². The molecule has 12 rings (SSSR count). The van der Waals surface area contributed by atoms with Gasteiger partial charge in [-0.25, -0.2) is 24.9 Å². The van der Waals surface area contributed by atoms with Crippen molar-refractivity contribution in [1.29, 1.82) is 0 Å². The Morgan fingerprint density at radius 2 is 0.515 bits per heavy atom. The van der Waals surface area contributed by atoms with Crippen LogP contribution in [0.2, 0.25) is 0 Å². The van der Waals surface area contributed by atoms with E-state index < -0.39 is 0 Å². The van der Waals surface area contributed by atoms with Crippen LogP contribution in [0.4, 0.5) is 0 Å². The lowest BCUT2D eigenvalue weighted by molar-refractivity contribution is 1.07. The molecule has 0 fully saturated rings. The van der Waals surface area contributed by atoms with E-state index >= 15 is 0 Å². The van der Waals surface area contributed by atoms with Crippen molar-refractivity contribution in [2.45, 2.75) is 0 Å². The van der Waals surface area contributed by atoms with Crippen molar-refractivity contribution in [3.8, 4) is 90.6 Å². The van der Waals surface area contributed by atoms with Crippen molar-refractivity contribution in [1.82, 2.24) is 34.1 Å². The summed E-state index contributed by atoms with van der Waals surface area (Å²) in [6.07, 6.45) is 0. The molecule has 0 bridgehead atoms. The maximum atomic E-state index is 5.31. The third-order valence-corrected chi connectivity index (χ3v) is 12.0. The molecule has 66 heavy (non-hydrogen) atoms. The molecule has 0 atom stereocenters. The van der Waals surface area contributed by atoms with Gasteiger partial charge in [-0.05, 0) is 82.9 Å². The summed E-state index contributed by atoms with van der Waals surface area (Å²) in [6, 6.07) is 81.5. The van der Waals surface area contributed by atoms with E-state index in [0.717, 1.165) is 84.0 Å². The maximum absolute atomic E-state index is 5.31. The molecular formula is C59H39N7. The molecule has 3 aromatic heterocycles. The largest absolute Gasteiger partial charge is 0.292 e. The van der Waals surface area contributed by atoms with Crippen LogP contribution in [0.25, 0.3) is 113 Å². The Kier molecular flexibility index (Phi) is 9.69. The van der Waals surface area contributed by atoms with Crippen LogP contribution in [0.15, 0.2) is 237 Å². The van der Waals surface area contributed by atoms with E-state index in [0.29, 0.717) is 17.5 Å². The summed E-state index contributed by atoms with van der Waals surface area (Å²) in [7, 11) is 0. The van der Waals surface area contributed by atoms with Gasteiger partial charge in [-0.3, -0.25) is 9.13 Å². The van der Waals surface area contributed by atoms with Crippen LogP contribution in [0.5, 0.6) is 0 Å². The Morgan fingerprint density at radius 1 is 0.227 bits per heavy atom. The Labute approximate surface area is 381 Å². The molecule has 0 N–H and O–H groups in total. The number of rotatable bonds is 9. The van der Waals surface area contributed by atoms with Gasteiger partial charge in [0.05, 0.1) is 22.1 Å². The van der Waals surface area contributed by atoms with E-state index in [2.05, 4.69) is 191 Å². The highest BCUT2D eigenvalue weighted by Gasteiger charge is 2.20. The lowest BCUT2D eigenvalue weighted by Crippen LogP contribution is -2.00. The number of fused-ring (bicyclic) bond motifs is 2. The summed E-state index contributed by atoms with van der Waals surface area (Å²) in [6.45, 7) is 0. The van der Waals surface area contributed by atoms with E-state index in [1.807, 2.05) is 54.6 Å². The zero-order valence-electron chi connectivity index (χ0n) is 35.6. The van der Waals surface area contributed by atoms with Crippen molar-refractivity contribution in [2.24, 2.45) is 0 Å². The van der Waals surface area contributed by atoms with Crippen LogP contribution < -0.4 is 0 Å². The topological polar surface area (TPSA) is 74.3 Å². The van der Waals surface area contributed by atoms with Crippen LogP contribution in [0.3, 0.4) is 0 Å². The zero-order valence-corrected chi connectivity index (χ0v) is 35.6. The molecule has 7 heteroatoms. The summed E-state index contributed by atoms with van der Waals surface area (Å²) < 4.78 is 4.45. The predicted molar refractivity (Wildman–Crippen MR) is 267 cm³/mol. The summed E-state index contributed by atoms with van der Waals surface area (Å²) >= 11 is 0. The van der Waals surface area contributed by atoms with Gasteiger partial charge in [0, 0.05) is 39.2 Å². The number of aromatic nitrogens is 7. The molecule has 9 aromatic carbocycles. The number of hydrogen-bond donors (Lipinski definition) is 0. The number of imidazole rings is 2. The average Bonchev–Trinajstić information content (AvgIpc) is 3.99. The van der Waals surface area contributed by atoms with E-state index in [1.54, 1.807) is 0 Å². The molecule has 0 aliphatic heterocycles. The Morgan fingerprint density at radius 3 is 0.894 bits per heavy atom. The number of benzene rings is 9. The molecule has 0 saturated carbocycles. The Hall–Kier alpha value is -9.07. The first-order valence-electron chi connectivity index (χ1n) is 22.0. The zero-order chi connectivity index (χ0) is 43.8. The van der Waals surface area contributed by atoms with Crippen molar-refractivity contribution in [3.05, 3.63) is 237 Å². The molecule has 0 spiro atoms. The molecule has 0 saturated heterocycles. The van der Waals surface area contributed by atoms with Gasteiger partial charge in [-0.2, -0.15) is 0 Å². The standard InChI is InChI=1S/C59H39N7/c1-6-16-40(17-7-1)42-26-30-45(31-27-42)58-60-51-38-47(34-36-53(51)65(58)49-22-12-4-13-23-49)56-62-55(44-20-10-3-11-21-44)63-57(64-56)48-35-37-54-52(39-48)61-59(66(54)50-24-14-5-15-25-50)46-32-28-43(29-33-46)41-18-8-2-9-19-41/h1-39H. The molecule has 0 radical (unpaired) electrons. The Bertz CT molecular complexity index is 3420. The number of hydrogen-bond acceptors (Lipinski definition) is 5. The molecule has 0 aliphatic carbocycles. The molecular weight excluding hydrogens is 807 g/mol. The van der Waals surface area contributed by atoms with Gasteiger partial charge in [0.25, 0.3) is 0 Å². The first-order valence-corrected chi connectivity index (χ1v) is 22.0. The van der Waals surface area contributed by atoms with Crippen molar-refractivity contribution in [3.63, 3.8) is 0 Å². The minimum atomic E-state index is 0.554. The molecule has 12 aromatic rings. The molecule has 0 aliphatic rings. The number of nitrogens with zero attached hydrogens (tertiary/aromatic N) is 7. The van der Waals surface area contributed by atoms with Gasteiger partial charge in [-0.1, -0.05) is 176 Å². The highest BCUT2D eigenvalue weighted by Crippen LogP contribution is 2.36. The molecule has 0 amide bonds. The predicted octanol–water partition coefficient (Wildman–Crippen LogP) is 14.2. The molecule has 0 unspecified atom stereocenters. The highest BCUT2D eigenvalue weighted by molar-refractivity contribution is 5.89. The second-order valence-electron chi connectivity index (χ2n) is 16.2. The van der Waals surface area contributed by atoms with E-state index in [4.69, 9.17) is 24.9 Å². The van der Waals surface area contributed by atoms with E-state index in [9.17, 15) is 0 Å². The van der Waals surface area contributed by atoms with Gasteiger partial charge >= 0.3 is 0 Å². The third kappa shape index (κ3) is 7.20. The van der Waals surface area contributed by atoms with Gasteiger partial charge in [0.2, 0.25) is 0 Å². The average molecular weight is 846 g/mol. The van der Waals surface area contributed by atoms with Gasteiger partial charge in [0.1, 0.15) is 11.6 Å². The lowest BCUT2D eigenvalue weighted by Gasteiger charge is -2.11. The van der Waals surface area contributed by atoms with Gasteiger partial charge in [-0.15, -0.1) is 0 Å². The van der Waals surface area contributed by atoms with Crippen LogP contribution in [-0.2, 0) is 0 Å². The van der Waals surface area contributed by atoms with Crippen molar-refractivity contribution < 1.29 is 0 Å². The molecule has 7 nitrogen and oxygen atoms in total. The second-order valence-corrected chi connectivity index (χ2v) is 16.2. The summed E-state index contributed by atoms with van der Waals surface area (Å²) in [4.78, 5) is 26.0. The van der Waals surface area contributed by atoms with E-state index in [-0.39, 0.29) is 0 Å². The normalized spacial score (nSPS) is 11.3. The minimum absolute atomic E-state index is 0.554. The Balaban J connectivity index is 0.976. The summed E-state index contributed by atoms with van der Waals surface area (Å²) in [5.74, 6) is 3.39. The first kappa shape index (κ1) is 38.6. The molecule has 3 heterocycles. The second kappa shape index (κ2) is 16.6. The fourth-order valence-electron chi connectivity index (χ4n) is 8.74. The summed E-state index contributed by atoms with van der Waals surface area (Å²) in [5.41, 5.74) is 14.9. The van der Waals surface area contributed by atoms with Crippen molar-refractivity contribution in [2.75, 3.05) is 0 Å². The number of para-hydroxylation sites is 2. The van der Waals surface area contributed by atoms with Gasteiger partial charge in [0.15, 0.2) is 17.5 Å². The smallest absolute Gasteiger partial charge is 0.164 e. The minimum Gasteiger partial charge on any atom is -0.292 e. The van der Waals surface area contributed by atoms with Crippen LogP contribution in [-0.4, -0.2) is 34.1 Å². The maximum Gasteiger partial charge on any atom is 0.164 e. The SMILES string of the molecule is c1ccc(-c2ccc(-c3nc4cc(-c5nc(-c6ccccc6)nc(-c6ccc7c(c6)nc(-c6ccc(-c8ccccc8)cc6)n7-c6ccccc6)n5)ccc4n3-c3ccccc3)cc2)cc1. The monoisotopic (exact) mass is 845 g/mol. The van der Waals surface area contributed by atoms with Crippen LogP contribution in [0.1, 0.15) is 0 Å². The lowest BCUT2D eigenvalue weighted by atomic mass is 10.0. The fourth-order valence-corrected chi connectivity index (χ4v) is 8.74. The quantitative estimate of drug-likeness (QED) is 0.145. The van der Waals surface area contributed by atoms with Crippen LogP contribution in [0, 0.1) is 0 Å². The molecule has 310 valence electrons. The van der Waals surface area contributed by atoms with E-state index in [1.165, 1.54) is 11.1 Å². The first-order chi connectivity index (χ1) is 32.7.